The van der Waals surface area contributed by atoms with E-state index in [1.165, 1.54) is 10.4 Å². The Balaban J connectivity index is 2.18. The van der Waals surface area contributed by atoms with E-state index in [-0.39, 0.29) is 0 Å². The van der Waals surface area contributed by atoms with Crippen molar-refractivity contribution in [2.75, 3.05) is 13.2 Å². The Kier molecular flexibility index (Phi) is 6.77. The van der Waals surface area contributed by atoms with Crippen molar-refractivity contribution in [3.05, 3.63) is 52.2 Å². The van der Waals surface area contributed by atoms with Crippen LogP contribution in [-0.2, 0) is 6.42 Å². The van der Waals surface area contributed by atoms with Gasteiger partial charge in [-0.3, -0.25) is 0 Å². The molecule has 1 atom stereocenters. The van der Waals surface area contributed by atoms with Crippen LogP contribution in [0, 0.1) is 0 Å². The normalized spacial score (nSPS) is 12.3. The van der Waals surface area contributed by atoms with Gasteiger partial charge in [-0.2, -0.15) is 0 Å². The Morgan fingerprint density at radius 1 is 1.10 bits per heavy atom. The largest absolute Gasteiger partial charge is 0.493 e. The van der Waals surface area contributed by atoms with Crippen LogP contribution in [0.1, 0.15) is 43.2 Å². The topological polar surface area (TPSA) is 21.3 Å². The van der Waals surface area contributed by atoms with E-state index in [0.29, 0.717) is 6.04 Å². The molecule has 2 nitrogen and oxygen atoms in total. The van der Waals surface area contributed by atoms with Crippen molar-refractivity contribution in [1.82, 2.24) is 5.32 Å². The van der Waals surface area contributed by atoms with Crippen LogP contribution in [0.15, 0.2) is 41.8 Å². The molecule has 0 fully saturated rings. The molecule has 0 saturated heterocycles. The second kappa shape index (κ2) is 8.85. The van der Waals surface area contributed by atoms with Gasteiger partial charge in [0.2, 0.25) is 0 Å². The molecule has 1 N–H and O–H groups in total. The van der Waals surface area contributed by atoms with Crippen molar-refractivity contribution in [2.24, 2.45) is 0 Å². The van der Waals surface area contributed by atoms with Gasteiger partial charge in [0.15, 0.2) is 0 Å². The third-order valence-corrected chi connectivity index (χ3v) is 4.28. The average molecular weight is 303 g/mol. The molecule has 0 aliphatic rings. The number of ether oxygens (including phenoxy) is 1. The SMILES string of the molecule is CCCNC(Cc1cccs1)c1ccccc1OCCC. The monoisotopic (exact) mass is 303 g/mol. The molecule has 3 heteroatoms. The molecule has 0 spiro atoms. The number of hydrogen-bond donors (Lipinski definition) is 1. The van der Waals surface area contributed by atoms with E-state index < -0.39 is 0 Å². The van der Waals surface area contributed by atoms with Crippen molar-refractivity contribution in [2.45, 2.75) is 39.2 Å². The summed E-state index contributed by atoms with van der Waals surface area (Å²) in [5.74, 6) is 1.02. The lowest BCUT2D eigenvalue weighted by Crippen LogP contribution is -2.24. The maximum Gasteiger partial charge on any atom is 0.124 e. The highest BCUT2D eigenvalue weighted by atomic mass is 32.1. The molecule has 2 aromatic rings. The predicted molar refractivity (Wildman–Crippen MR) is 91.3 cm³/mol. The highest BCUT2D eigenvalue weighted by Gasteiger charge is 2.16. The van der Waals surface area contributed by atoms with Crippen LogP contribution in [0.3, 0.4) is 0 Å². The first-order valence-corrected chi connectivity index (χ1v) is 8.70. The van der Waals surface area contributed by atoms with Crippen LogP contribution in [0.2, 0.25) is 0 Å². The second-order valence-corrected chi connectivity index (χ2v) is 6.21. The lowest BCUT2D eigenvalue weighted by atomic mass is 10.0. The van der Waals surface area contributed by atoms with Gasteiger partial charge in [-0.25, -0.2) is 0 Å². The summed E-state index contributed by atoms with van der Waals surface area (Å²) in [4.78, 5) is 1.41. The van der Waals surface area contributed by atoms with Gasteiger partial charge in [0.05, 0.1) is 6.61 Å². The molecule has 1 heterocycles. The van der Waals surface area contributed by atoms with Crippen LogP contribution in [-0.4, -0.2) is 13.2 Å². The van der Waals surface area contributed by atoms with Crippen LogP contribution in [0.25, 0.3) is 0 Å². The number of rotatable bonds is 9. The Bertz CT molecular complexity index is 510. The average Bonchev–Trinajstić information content (AvgIpc) is 3.03. The van der Waals surface area contributed by atoms with E-state index in [0.717, 1.165) is 38.2 Å². The van der Waals surface area contributed by atoms with Crippen molar-refractivity contribution in [3.8, 4) is 5.75 Å². The van der Waals surface area contributed by atoms with Gasteiger partial charge in [-0.05, 0) is 36.9 Å². The third kappa shape index (κ3) is 4.87. The molecule has 114 valence electrons. The molecule has 0 radical (unpaired) electrons. The summed E-state index contributed by atoms with van der Waals surface area (Å²) in [5, 5.41) is 5.81. The summed E-state index contributed by atoms with van der Waals surface area (Å²) in [6.07, 6.45) is 3.19. The molecular formula is C18H25NOS. The number of hydrogen-bond acceptors (Lipinski definition) is 3. The maximum absolute atomic E-state index is 5.93. The summed E-state index contributed by atoms with van der Waals surface area (Å²) in [5.41, 5.74) is 1.27. The van der Waals surface area contributed by atoms with E-state index in [1.54, 1.807) is 0 Å². The van der Waals surface area contributed by atoms with E-state index in [9.17, 15) is 0 Å². The van der Waals surface area contributed by atoms with Crippen molar-refractivity contribution in [1.29, 1.82) is 0 Å². The third-order valence-electron chi connectivity index (χ3n) is 3.38. The van der Waals surface area contributed by atoms with E-state index in [2.05, 4.69) is 60.9 Å². The Morgan fingerprint density at radius 2 is 1.95 bits per heavy atom. The van der Waals surface area contributed by atoms with Crippen LogP contribution in [0.5, 0.6) is 5.75 Å². The van der Waals surface area contributed by atoms with Crippen molar-refractivity contribution < 1.29 is 4.74 Å². The number of benzene rings is 1. The van der Waals surface area contributed by atoms with E-state index in [1.807, 2.05) is 11.3 Å². The van der Waals surface area contributed by atoms with Crippen LogP contribution in [0.4, 0.5) is 0 Å². The quantitative estimate of drug-likeness (QED) is 0.717. The molecule has 0 aliphatic carbocycles. The van der Waals surface area contributed by atoms with Gasteiger partial charge in [-0.15, -0.1) is 11.3 Å². The standard InChI is InChI=1S/C18H25NOS/c1-3-11-19-17(14-15-8-7-13-21-15)16-9-5-6-10-18(16)20-12-4-2/h5-10,13,17,19H,3-4,11-12,14H2,1-2H3. The molecule has 0 saturated carbocycles. The van der Waals surface area contributed by atoms with Crippen LogP contribution < -0.4 is 10.1 Å². The lowest BCUT2D eigenvalue weighted by Gasteiger charge is -2.21. The Labute approximate surface area is 132 Å². The fraction of sp³-hybridized carbons (Fsp3) is 0.444. The molecular weight excluding hydrogens is 278 g/mol. The smallest absolute Gasteiger partial charge is 0.124 e. The van der Waals surface area contributed by atoms with Gasteiger partial charge in [0.25, 0.3) is 0 Å². The minimum Gasteiger partial charge on any atom is -0.493 e. The second-order valence-electron chi connectivity index (χ2n) is 5.18. The number of para-hydroxylation sites is 1. The zero-order valence-electron chi connectivity index (χ0n) is 13.0. The first-order chi connectivity index (χ1) is 10.3. The fourth-order valence-corrected chi connectivity index (χ4v) is 3.10. The first kappa shape index (κ1) is 16.1. The number of nitrogens with one attached hydrogen (secondary N) is 1. The van der Waals surface area contributed by atoms with Gasteiger partial charge in [0, 0.05) is 22.9 Å². The molecule has 2 rings (SSSR count). The van der Waals surface area contributed by atoms with Gasteiger partial charge < -0.3 is 10.1 Å². The highest BCUT2D eigenvalue weighted by molar-refractivity contribution is 7.09. The Morgan fingerprint density at radius 3 is 2.67 bits per heavy atom. The molecule has 0 amide bonds. The summed E-state index contributed by atoms with van der Waals surface area (Å²) < 4.78 is 5.93. The van der Waals surface area contributed by atoms with E-state index in [4.69, 9.17) is 4.74 Å². The number of thiophene rings is 1. The van der Waals surface area contributed by atoms with Gasteiger partial charge >= 0.3 is 0 Å². The molecule has 0 bridgehead atoms. The molecule has 1 aromatic heterocycles. The van der Waals surface area contributed by atoms with Crippen molar-refractivity contribution >= 4 is 11.3 Å². The summed E-state index contributed by atoms with van der Waals surface area (Å²) in [6.45, 7) is 6.14. The summed E-state index contributed by atoms with van der Waals surface area (Å²) in [7, 11) is 0. The highest BCUT2D eigenvalue weighted by Crippen LogP contribution is 2.29. The molecule has 21 heavy (non-hydrogen) atoms. The van der Waals surface area contributed by atoms with Gasteiger partial charge in [-0.1, -0.05) is 38.1 Å². The van der Waals surface area contributed by atoms with Crippen LogP contribution >= 0.6 is 11.3 Å². The minimum atomic E-state index is 0.316. The zero-order chi connectivity index (χ0) is 14.9. The van der Waals surface area contributed by atoms with Crippen molar-refractivity contribution in [3.63, 3.8) is 0 Å². The zero-order valence-corrected chi connectivity index (χ0v) is 13.8. The fourth-order valence-electron chi connectivity index (χ4n) is 2.35. The Hall–Kier alpha value is -1.32. The van der Waals surface area contributed by atoms with E-state index >= 15 is 0 Å². The maximum atomic E-state index is 5.93. The first-order valence-electron chi connectivity index (χ1n) is 7.82. The minimum absolute atomic E-state index is 0.316. The summed E-state index contributed by atoms with van der Waals surface area (Å²) >= 11 is 1.82. The predicted octanol–water partition coefficient (Wildman–Crippen LogP) is 4.82. The molecule has 1 unspecified atom stereocenters. The summed E-state index contributed by atoms with van der Waals surface area (Å²) in [6, 6.07) is 13.1. The van der Waals surface area contributed by atoms with Gasteiger partial charge in [0.1, 0.15) is 5.75 Å². The lowest BCUT2D eigenvalue weighted by molar-refractivity contribution is 0.309. The molecule has 1 aromatic carbocycles. The molecule has 0 aliphatic heterocycles.